The van der Waals surface area contributed by atoms with Crippen molar-refractivity contribution in [3.63, 3.8) is 0 Å². The molecule has 74 valence electrons. The zero-order valence-electron chi connectivity index (χ0n) is 8.84. The monoisotopic (exact) mass is 181 g/mol. The number of carbonyl (C=O) groups excluding carboxylic acids is 1. The molecule has 2 atom stereocenters. The molecular formula is C11H19NO. The minimum atomic E-state index is 0.335. The van der Waals surface area contributed by atoms with E-state index in [1.165, 1.54) is 12.8 Å². The van der Waals surface area contributed by atoms with Crippen molar-refractivity contribution in [1.82, 2.24) is 4.90 Å². The van der Waals surface area contributed by atoms with Crippen molar-refractivity contribution >= 4 is 5.78 Å². The minimum Gasteiger partial charge on any atom is -0.300 e. The third-order valence-corrected chi connectivity index (χ3v) is 3.98. The summed E-state index contributed by atoms with van der Waals surface area (Å²) in [4.78, 5) is 13.9. The molecule has 0 saturated carbocycles. The fourth-order valence-electron chi connectivity index (χ4n) is 2.94. The highest BCUT2D eigenvalue weighted by molar-refractivity contribution is 5.80. The summed E-state index contributed by atoms with van der Waals surface area (Å²) >= 11 is 0. The van der Waals surface area contributed by atoms with Crippen molar-refractivity contribution in [2.75, 3.05) is 7.05 Å². The third kappa shape index (κ3) is 1.41. The molecule has 0 aliphatic carbocycles. The van der Waals surface area contributed by atoms with Gasteiger partial charge in [0.05, 0.1) is 0 Å². The third-order valence-electron chi connectivity index (χ3n) is 3.98. The van der Waals surface area contributed by atoms with Crippen LogP contribution in [-0.4, -0.2) is 29.8 Å². The van der Waals surface area contributed by atoms with E-state index in [0.29, 0.717) is 23.3 Å². The lowest BCUT2D eigenvalue weighted by molar-refractivity contribution is -0.130. The number of carbonyl (C=O) groups is 1. The van der Waals surface area contributed by atoms with E-state index in [4.69, 9.17) is 0 Å². The first kappa shape index (κ1) is 9.20. The standard InChI is InChI=1S/C11H19NO/c1-11(2)5-4-8-6-9(13)7-10(11)12(8)3/h8,10H,4-7H2,1-3H3. The second-order valence-corrected chi connectivity index (χ2v) is 5.31. The second kappa shape index (κ2) is 2.81. The van der Waals surface area contributed by atoms with Gasteiger partial charge in [-0.3, -0.25) is 9.69 Å². The van der Waals surface area contributed by atoms with Gasteiger partial charge < -0.3 is 0 Å². The summed E-state index contributed by atoms with van der Waals surface area (Å²) in [7, 11) is 2.18. The number of hydrogen-bond acceptors (Lipinski definition) is 2. The van der Waals surface area contributed by atoms with Gasteiger partial charge in [-0.2, -0.15) is 0 Å². The molecule has 13 heavy (non-hydrogen) atoms. The lowest BCUT2D eigenvalue weighted by Crippen LogP contribution is -2.57. The van der Waals surface area contributed by atoms with Gasteiger partial charge in [-0.15, -0.1) is 0 Å². The Morgan fingerprint density at radius 2 is 2.08 bits per heavy atom. The Labute approximate surface area is 80.3 Å². The minimum absolute atomic E-state index is 0.335. The fourth-order valence-corrected chi connectivity index (χ4v) is 2.94. The molecule has 2 unspecified atom stereocenters. The molecule has 0 spiro atoms. The van der Waals surface area contributed by atoms with Gasteiger partial charge in [-0.25, -0.2) is 0 Å². The maximum atomic E-state index is 11.5. The Bertz CT molecular complexity index is 234. The van der Waals surface area contributed by atoms with Gasteiger partial charge in [0, 0.05) is 24.9 Å². The van der Waals surface area contributed by atoms with Crippen molar-refractivity contribution in [3.05, 3.63) is 0 Å². The zero-order chi connectivity index (χ0) is 9.64. The van der Waals surface area contributed by atoms with Crippen LogP contribution in [0, 0.1) is 5.41 Å². The molecule has 0 aromatic carbocycles. The Morgan fingerprint density at radius 1 is 1.38 bits per heavy atom. The van der Waals surface area contributed by atoms with E-state index in [1.54, 1.807) is 0 Å². The van der Waals surface area contributed by atoms with Gasteiger partial charge >= 0.3 is 0 Å². The Kier molecular flexibility index (Phi) is 1.99. The smallest absolute Gasteiger partial charge is 0.136 e. The van der Waals surface area contributed by atoms with Gasteiger partial charge in [0.25, 0.3) is 0 Å². The molecule has 2 aliphatic heterocycles. The van der Waals surface area contributed by atoms with Crippen molar-refractivity contribution < 1.29 is 4.79 Å². The van der Waals surface area contributed by atoms with Crippen molar-refractivity contribution in [2.45, 2.75) is 51.6 Å². The molecule has 0 radical (unpaired) electrons. The lowest BCUT2D eigenvalue weighted by atomic mass is 9.69. The molecule has 2 bridgehead atoms. The van der Waals surface area contributed by atoms with Gasteiger partial charge in [-0.1, -0.05) is 13.8 Å². The van der Waals surface area contributed by atoms with Crippen LogP contribution in [0.1, 0.15) is 39.5 Å². The fraction of sp³-hybridized carbons (Fsp3) is 0.909. The van der Waals surface area contributed by atoms with E-state index in [-0.39, 0.29) is 0 Å². The number of fused-ring (bicyclic) bond motifs is 2. The maximum absolute atomic E-state index is 11.5. The number of rotatable bonds is 0. The van der Waals surface area contributed by atoms with Crippen LogP contribution in [0.3, 0.4) is 0 Å². The summed E-state index contributed by atoms with van der Waals surface area (Å²) < 4.78 is 0. The Balaban J connectivity index is 2.24. The first-order valence-electron chi connectivity index (χ1n) is 5.24. The SMILES string of the molecule is CN1C2CCC(C)(C)C1CC(=O)C2. The Hall–Kier alpha value is -0.370. The van der Waals surface area contributed by atoms with Crippen LogP contribution < -0.4 is 0 Å². The number of nitrogens with zero attached hydrogens (tertiary/aromatic N) is 1. The number of Topliss-reactive ketones (excluding diaryl/α,β-unsaturated/α-hetero) is 1. The van der Waals surface area contributed by atoms with Gasteiger partial charge in [0.1, 0.15) is 5.78 Å². The number of ketones is 1. The largest absolute Gasteiger partial charge is 0.300 e. The quantitative estimate of drug-likeness (QED) is 0.568. The molecule has 0 aromatic heterocycles. The van der Waals surface area contributed by atoms with Crippen molar-refractivity contribution in [1.29, 1.82) is 0 Å². The van der Waals surface area contributed by atoms with E-state index in [1.807, 2.05) is 0 Å². The molecule has 2 fully saturated rings. The van der Waals surface area contributed by atoms with E-state index in [0.717, 1.165) is 12.8 Å². The van der Waals surface area contributed by atoms with Crippen LogP contribution in [0.4, 0.5) is 0 Å². The molecule has 0 amide bonds. The average molecular weight is 181 g/mol. The normalized spacial score (nSPS) is 39.2. The lowest BCUT2D eigenvalue weighted by Gasteiger charge is -2.51. The van der Waals surface area contributed by atoms with Crippen molar-refractivity contribution in [3.8, 4) is 0 Å². The molecule has 2 nitrogen and oxygen atoms in total. The van der Waals surface area contributed by atoms with Gasteiger partial charge in [-0.05, 0) is 25.3 Å². The summed E-state index contributed by atoms with van der Waals surface area (Å²) in [6, 6.07) is 1.03. The topological polar surface area (TPSA) is 20.3 Å². The highest BCUT2D eigenvalue weighted by Crippen LogP contribution is 2.42. The maximum Gasteiger partial charge on any atom is 0.136 e. The highest BCUT2D eigenvalue weighted by atomic mass is 16.1. The summed E-state index contributed by atoms with van der Waals surface area (Å²) in [5, 5.41) is 0. The van der Waals surface area contributed by atoms with E-state index < -0.39 is 0 Å². The van der Waals surface area contributed by atoms with Gasteiger partial charge in [0.15, 0.2) is 0 Å². The first-order valence-corrected chi connectivity index (χ1v) is 5.24. The molecule has 0 aromatic rings. The zero-order valence-corrected chi connectivity index (χ0v) is 8.84. The molecule has 2 aliphatic rings. The second-order valence-electron chi connectivity index (χ2n) is 5.31. The summed E-state index contributed by atoms with van der Waals surface area (Å²) in [6.45, 7) is 4.59. The van der Waals surface area contributed by atoms with E-state index in [2.05, 4.69) is 25.8 Å². The number of piperidine rings is 2. The molecule has 2 rings (SSSR count). The first-order chi connectivity index (χ1) is 6.00. The van der Waals surface area contributed by atoms with E-state index >= 15 is 0 Å². The summed E-state index contributed by atoms with van der Waals surface area (Å²) in [6.07, 6.45) is 4.05. The highest BCUT2D eigenvalue weighted by Gasteiger charge is 2.44. The molecule has 2 heteroatoms. The van der Waals surface area contributed by atoms with Crippen LogP contribution >= 0.6 is 0 Å². The van der Waals surface area contributed by atoms with Crippen LogP contribution in [0.25, 0.3) is 0 Å². The molecule has 2 heterocycles. The predicted octanol–water partition coefficient (Wildman–Crippen LogP) is 1.84. The summed E-state index contributed by atoms with van der Waals surface area (Å²) in [5.74, 6) is 0.473. The number of hydrogen-bond donors (Lipinski definition) is 0. The van der Waals surface area contributed by atoms with Crippen LogP contribution in [-0.2, 0) is 4.79 Å². The van der Waals surface area contributed by atoms with Crippen LogP contribution in [0.5, 0.6) is 0 Å². The molecule has 2 saturated heterocycles. The van der Waals surface area contributed by atoms with Crippen molar-refractivity contribution in [2.24, 2.45) is 5.41 Å². The summed E-state index contributed by atoms with van der Waals surface area (Å²) in [5.41, 5.74) is 0.335. The van der Waals surface area contributed by atoms with Crippen LogP contribution in [0.15, 0.2) is 0 Å². The molecule has 0 N–H and O–H groups in total. The Morgan fingerprint density at radius 3 is 2.77 bits per heavy atom. The van der Waals surface area contributed by atoms with Crippen LogP contribution in [0.2, 0.25) is 0 Å². The molecular weight excluding hydrogens is 162 g/mol. The van der Waals surface area contributed by atoms with Gasteiger partial charge in [0.2, 0.25) is 0 Å². The predicted molar refractivity (Wildman–Crippen MR) is 52.6 cm³/mol. The van der Waals surface area contributed by atoms with E-state index in [9.17, 15) is 4.79 Å². The average Bonchev–Trinajstić information content (AvgIpc) is 2.03.